The van der Waals surface area contributed by atoms with Gasteiger partial charge < -0.3 is 23.8 Å². The second kappa shape index (κ2) is 44.4. The number of hydrogen-bond acceptors (Lipinski definition) is 6. The lowest BCUT2D eigenvalue weighted by molar-refractivity contribution is -0.887. The molecule has 0 aromatic heterocycles. The molecular formula is C54H94NO7+. The second-order valence-electron chi connectivity index (χ2n) is 17.7. The molecule has 0 aliphatic rings. The Bertz CT molecular complexity index is 1240. The van der Waals surface area contributed by atoms with Crippen molar-refractivity contribution in [3.8, 4) is 0 Å². The molecule has 0 radical (unpaired) electrons. The molecule has 0 aliphatic carbocycles. The summed E-state index contributed by atoms with van der Waals surface area (Å²) in [6, 6.07) is -0.630. The maximum atomic E-state index is 12.7. The highest BCUT2D eigenvalue weighted by atomic mass is 16.6. The number of carboxylic acids is 1. The van der Waals surface area contributed by atoms with Gasteiger partial charge >= 0.3 is 17.9 Å². The summed E-state index contributed by atoms with van der Waals surface area (Å²) in [6.07, 6.45) is 56.8. The van der Waals surface area contributed by atoms with Gasteiger partial charge in [-0.3, -0.25) is 9.59 Å². The van der Waals surface area contributed by atoms with Gasteiger partial charge in [0.25, 0.3) is 0 Å². The minimum absolute atomic E-state index is 0.0294. The van der Waals surface area contributed by atoms with Crippen LogP contribution in [0.5, 0.6) is 0 Å². The molecule has 2 unspecified atom stereocenters. The van der Waals surface area contributed by atoms with E-state index in [-0.39, 0.29) is 42.7 Å². The van der Waals surface area contributed by atoms with Gasteiger partial charge in [0.15, 0.2) is 12.1 Å². The lowest BCUT2D eigenvalue weighted by atomic mass is 10.0. The number of esters is 2. The van der Waals surface area contributed by atoms with Crippen molar-refractivity contribution < 1.29 is 38.2 Å². The smallest absolute Gasteiger partial charge is 0.362 e. The molecule has 0 heterocycles. The fourth-order valence-electron chi connectivity index (χ4n) is 7.06. The number of carbonyl (C=O) groups is 3. The number of unbranched alkanes of at least 4 members (excludes halogenated alkanes) is 18. The highest BCUT2D eigenvalue weighted by molar-refractivity contribution is 5.72. The van der Waals surface area contributed by atoms with E-state index < -0.39 is 18.1 Å². The summed E-state index contributed by atoms with van der Waals surface area (Å²) < 4.78 is 17.3. The topological polar surface area (TPSA) is 99.1 Å². The van der Waals surface area contributed by atoms with Gasteiger partial charge in [-0.2, -0.15) is 0 Å². The van der Waals surface area contributed by atoms with E-state index in [9.17, 15) is 19.5 Å². The van der Waals surface area contributed by atoms with Gasteiger partial charge in [-0.15, -0.1) is 0 Å². The lowest BCUT2D eigenvalue weighted by Crippen LogP contribution is -2.50. The van der Waals surface area contributed by atoms with Crippen LogP contribution >= 0.6 is 0 Å². The average molecular weight is 869 g/mol. The molecule has 62 heavy (non-hydrogen) atoms. The molecule has 0 amide bonds. The third-order valence-electron chi connectivity index (χ3n) is 10.9. The summed E-state index contributed by atoms with van der Waals surface area (Å²) in [4.78, 5) is 37.1. The van der Waals surface area contributed by atoms with Crippen LogP contribution in [0.25, 0.3) is 0 Å². The van der Waals surface area contributed by atoms with Crippen molar-refractivity contribution in [1.82, 2.24) is 0 Å². The first-order valence-electron chi connectivity index (χ1n) is 25.0. The summed E-state index contributed by atoms with van der Waals surface area (Å²) in [5.41, 5.74) is 0. The molecule has 356 valence electrons. The molecule has 0 aliphatic heterocycles. The number of quaternary nitrogens is 1. The molecule has 0 fully saturated rings. The molecule has 1 N–H and O–H groups in total. The Kier molecular flexibility index (Phi) is 42.1. The standard InChI is InChI=1S/C54H93NO7/c1-6-8-10-12-14-16-18-20-22-24-26-28-30-32-34-36-38-40-42-44-52(56)61-49-50(48-60-47-46-51(54(58)59)55(3,4)5)62-53(57)45-43-41-39-37-35-33-31-29-27-25-23-21-19-17-15-13-11-9-7-2/h9,11,15,17,21,23,27,29,33,35,39,41,50-51H,6-8,10,12-14,16,18-20,22,24-26,28,30-32,34,36-38,40,42-49H2,1-5H3/p+1/b11-9-,17-15-,23-21-,29-27-,35-33-,41-39-. The van der Waals surface area contributed by atoms with Crippen LogP contribution in [-0.4, -0.2) is 80.6 Å². The predicted octanol–water partition coefficient (Wildman–Crippen LogP) is 14.3. The maximum absolute atomic E-state index is 12.7. The van der Waals surface area contributed by atoms with Crippen LogP contribution < -0.4 is 0 Å². The zero-order valence-corrected chi connectivity index (χ0v) is 40.6. The molecule has 8 nitrogen and oxygen atoms in total. The molecule has 2 atom stereocenters. The summed E-state index contributed by atoms with van der Waals surface area (Å²) >= 11 is 0. The Morgan fingerprint density at radius 1 is 0.500 bits per heavy atom. The van der Waals surface area contributed by atoms with E-state index in [4.69, 9.17) is 14.2 Å². The first-order valence-corrected chi connectivity index (χ1v) is 25.0. The molecule has 0 saturated heterocycles. The fraction of sp³-hybridized carbons (Fsp3) is 0.722. The van der Waals surface area contributed by atoms with Crippen LogP contribution in [0.2, 0.25) is 0 Å². The highest BCUT2D eigenvalue weighted by Crippen LogP contribution is 2.16. The Labute approximate surface area is 381 Å². The van der Waals surface area contributed by atoms with Crippen LogP contribution in [0.1, 0.15) is 200 Å². The van der Waals surface area contributed by atoms with Crippen LogP contribution in [0.4, 0.5) is 0 Å². The Hall–Kier alpha value is -3.23. The van der Waals surface area contributed by atoms with Gasteiger partial charge in [-0.25, -0.2) is 4.79 Å². The average Bonchev–Trinajstić information content (AvgIpc) is 3.23. The third kappa shape index (κ3) is 42.1. The minimum Gasteiger partial charge on any atom is -0.477 e. The van der Waals surface area contributed by atoms with Gasteiger partial charge in [0.05, 0.1) is 34.4 Å². The van der Waals surface area contributed by atoms with E-state index in [0.717, 1.165) is 57.8 Å². The van der Waals surface area contributed by atoms with Crippen LogP contribution in [0, 0.1) is 0 Å². The molecule has 0 bridgehead atoms. The first kappa shape index (κ1) is 58.8. The normalized spacial score (nSPS) is 13.5. The number of carbonyl (C=O) groups excluding carboxylic acids is 2. The molecule has 8 heteroatoms. The van der Waals surface area contributed by atoms with E-state index in [1.807, 2.05) is 33.3 Å². The largest absolute Gasteiger partial charge is 0.477 e. The predicted molar refractivity (Wildman–Crippen MR) is 261 cm³/mol. The molecular weight excluding hydrogens is 775 g/mol. The SMILES string of the molecule is CC/C=C\C/C=C\C/C=C\C/C=C\C/C=C\C/C=C\CCC(=O)OC(COCCC(C(=O)O)[N+](C)(C)C)COC(=O)CCCCCCCCCCCCCCCCCCCCC. The van der Waals surface area contributed by atoms with Gasteiger partial charge in [-0.1, -0.05) is 202 Å². The molecule has 0 saturated carbocycles. The summed E-state index contributed by atoms with van der Waals surface area (Å²) in [5.74, 6) is -1.57. The van der Waals surface area contributed by atoms with Crippen molar-refractivity contribution in [2.45, 2.75) is 212 Å². The van der Waals surface area contributed by atoms with Crippen molar-refractivity contribution in [2.24, 2.45) is 0 Å². The fourth-order valence-corrected chi connectivity index (χ4v) is 7.06. The van der Waals surface area contributed by atoms with E-state index in [2.05, 4.69) is 74.6 Å². The molecule has 0 aromatic carbocycles. The van der Waals surface area contributed by atoms with E-state index >= 15 is 0 Å². The Morgan fingerprint density at radius 2 is 0.903 bits per heavy atom. The number of ether oxygens (including phenoxy) is 3. The minimum atomic E-state index is -0.887. The molecule has 0 spiro atoms. The summed E-state index contributed by atoms with van der Waals surface area (Å²) in [7, 11) is 5.51. The molecule has 0 rings (SSSR count). The van der Waals surface area contributed by atoms with E-state index in [1.54, 1.807) is 0 Å². The summed E-state index contributed by atoms with van der Waals surface area (Å²) in [6.45, 7) is 4.56. The van der Waals surface area contributed by atoms with Crippen LogP contribution in [0.15, 0.2) is 72.9 Å². The quantitative estimate of drug-likeness (QED) is 0.0282. The maximum Gasteiger partial charge on any atom is 0.362 e. The number of rotatable bonds is 44. The summed E-state index contributed by atoms with van der Waals surface area (Å²) in [5, 5.41) is 9.64. The second-order valence-corrected chi connectivity index (χ2v) is 17.7. The van der Waals surface area contributed by atoms with Crippen LogP contribution in [0.3, 0.4) is 0 Å². The number of likely N-dealkylation sites (N-methyl/N-ethyl adjacent to an activating group) is 1. The van der Waals surface area contributed by atoms with E-state index in [0.29, 0.717) is 19.3 Å². The van der Waals surface area contributed by atoms with Crippen LogP contribution in [-0.2, 0) is 28.6 Å². The Balaban J connectivity index is 4.37. The van der Waals surface area contributed by atoms with Crippen molar-refractivity contribution in [1.29, 1.82) is 0 Å². The number of aliphatic carboxylic acids is 1. The lowest BCUT2D eigenvalue weighted by Gasteiger charge is -2.31. The van der Waals surface area contributed by atoms with Gasteiger partial charge in [0.1, 0.15) is 6.61 Å². The monoisotopic (exact) mass is 869 g/mol. The zero-order valence-electron chi connectivity index (χ0n) is 40.6. The van der Waals surface area contributed by atoms with Crippen molar-refractivity contribution >= 4 is 17.9 Å². The van der Waals surface area contributed by atoms with Crippen molar-refractivity contribution in [2.75, 3.05) is 41.0 Å². The third-order valence-corrected chi connectivity index (χ3v) is 10.9. The van der Waals surface area contributed by atoms with E-state index in [1.165, 1.54) is 103 Å². The zero-order chi connectivity index (χ0) is 45.6. The number of carboxylic acid groups (broad SMARTS) is 1. The van der Waals surface area contributed by atoms with Gasteiger partial charge in [0.2, 0.25) is 0 Å². The highest BCUT2D eigenvalue weighted by Gasteiger charge is 2.31. The number of hydrogen-bond donors (Lipinski definition) is 1. The van der Waals surface area contributed by atoms with Gasteiger partial charge in [-0.05, 0) is 51.4 Å². The number of allylic oxidation sites excluding steroid dienone is 12. The Morgan fingerprint density at radius 3 is 1.31 bits per heavy atom. The molecule has 0 aromatic rings. The van der Waals surface area contributed by atoms with Crippen molar-refractivity contribution in [3.63, 3.8) is 0 Å². The van der Waals surface area contributed by atoms with Crippen molar-refractivity contribution in [3.05, 3.63) is 72.9 Å². The first-order chi connectivity index (χ1) is 30.1. The van der Waals surface area contributed by atoms with Gasteiger partial charge in [0, 0.05) is 19.3 Å². The number of nitrogens with zero attached hydrogens (tertiary/aromatic N) is 1.